The van der Waals surface area contributed by atoms with Crippen LogP contribution in [0.2, 0.25) is 5.02 Å². The summed E-state index contributed by atoms with van der Waals surface area (Å²) in [5.41, 5.74) is 8.73. The van der Waals surface area contributed by atoms with Gasteiger partial charge in [-0.2, -0.15) is 0 Å². The number of halogens is 1. The highest BCUT2D eigenvalue weighted by molar-refractivity contribution is 6.33. The number of carbonyl (C=O) groups is 3. The number of fused-ring (bicyclic) bond motifs is 2. The third-order valence-corrected chi connectivity index (χ3v) is 8.19. The van der Waals surface area contributed by atoms with Gasteiger partial charge in [-0.25, -0.2) is 4.98 Å². The molecule has 0 radical (unpaired) electrons. The molecule has 1 aliphatic heterocycles. The van der Waals surface area contributed by atoms with Crippen LogP contribution in [0, 0.1) is 23.2 Å². The Kier molecular flexibility index (Phi) is 5.90. The van der Waals surface area contributed by atoms with Crippen molar-refractivity contribution in [3.05, 3.63) is 34.7 Å². The fourth-order valence-electron chi connectivity index (χ4n) is 6.51. The molecule has 2 fully saturated rings. The molecule has 3 amide bonds. The van der Waals surface area contributed by atoms with Crippen molar-refractivity contribution in [1.29, 1.82) is 0 Å². The molecule has 186 valence electrons. The third kappa shape index (κ3) is 4.56. The van der Waals surface area contributed by atoms with Gasteiger partial charge < -0.3 is 20.9 Å². The van der Waals surface area contributed by atoms with Gasteiger partial charge in [0.05, 0.1) is 5.02 Å². The Morgan fingerprint density at radius 2 is 1.80 bits per heavy atom. The van der Waals surface area contributed by atoms with Crippen molar-refractivity contribution in [2.75, 3.05) is 5.32 Å². The molecular formula is C26H32ClN5O3. The van der Waals surface area contributed by atoms with Gasteiger partial charge >= 0.3 is 0 Å². The summed E-state index contributed by atoms with van der Waals surface area (Å²) in [5.74, 6) is 0.824. The molecule has 5 rings (SSSR count). The summed E-state index contributed by atoms with van der Waals surface area (Å²) in [4.78, 5) is 40.9. The zero-order valence-corrected chi connectivity index (χ0v) is 21.1. The van der Waals surface area contributed by atoms with Gasteiger partial charge in [-0.15, -0.1) is 0 Å². The number of nitrogens with two attached hydrogens (primary N) is 1. The Labute approximate surface area is 210 Å². The number of carbonyl (C=O) groups excluding carboxylic acids is 3. The summed E-state index contributed by atoms with van der Waals surface area (Å²) in [5, 5.41) is 6.47. The van der Waals surface area contributed by atoms with E-state index in [4.69, 9.17) is 17.3 Å². The lowest BCUT2D eigenvalue weighted by molar-refractivity contribution is -0.121. The average Bonchev–Trinajstić information content (AvgIpc) is 3.46. The molecular weight excluding hydrogens is 466 g/mol. The van der Waals surface area contributed by atoms with E-state index >= 15 is 0 Å². The maximum atomic E-state index is 13.1. The van der Waals surface area contributed by atoms with E-state index in [-0.39, 0.29) is 29.2 Å². The fraction of sp³-hybridized carbons (Fsp3) is 0.538. The Balaban J connectivity index is 1.33. The van der Waals surface area contributed by atoms with Crippen LogP contribution in [0.1, 0.15) is 62.6 Å². The van der Waals surface area contributed by atoms with Crippen LogP contribution in [0.5, 0.6) is 0 Å². The predicted molar refractivity (Wildman–Crippen MR) is 134 cm³/mol. The van der Waals surface area contributed by atoms with Gasteiger partial charge in [0.2, 0.25) is 11.8 Å². The highest BCUT2D eigenvalue weighted by Gasteiger charge is 2.44. The van der Waals surface area contributed by atoms with Crippen LogP contribution in [0.25, 0.3) is 11.1 Å². The zero-order valence-electron chi connectivity index (χ0n) is 20.4. The average molecular weight is 498 g/mol. The van der Waals surface area contributed by atoms with E-state index in [2.05, 4.69) is 29.5 Å². The van der Waals surface area contributed by atoms with Gasteiger partial charge in [-0.3, -0.25) is 14.4 Å². The van der Waals surface area contributed by atoms with Crippen molar-refractivity contribution in [3.63, 3.8) is 0 Å². The number of amides is 3. The number of hydrogen-bond donors (Lipinski definition) is 3. The summed E-state index contributed by atoms with van der Waals surface area (Å²) >= 11 is 6.54. The lowest BCUT2D eigenvalue weighted by Crippen LogP contribution is -2.31. The molecule has 3 heterocycles. The molecule has 8 nitrogen and oxygen atoms in total. The molecule has 2 aromatic rings. The molecule has 2 saturated carbocycles. The minimum absolute atomic E-state index is 0.00554. The first-order valence-electron chi connectivity index (χ1n) is 12.3. The second kappa shape index (κ2) is 8.66. The maximum Gasteiger partial charge on any atom is 0.265 e. The summed E-state index contributed by atoms with van der Waals surface area (Å²) in [6.45, 7) is 6.57. The van der Waals surface area contributed by atoms with E-state index in [1.165, 1.54) is 0 Å². The second-order valence-corrected chi connectivity index (χ2v) is 11.7. The first kappa shape index (κ1) is 23.9. The Bertz CT molecular complexity index is 1210. The zero-order chi connectivity index (χ0) is 25.1. The van der Waals surface area contributed by atoms with Crippen LogP contribution < -0.4 is 16.4 Å². The van der Waals surface area contributed by atoms with Gasteiger partial charge in [0.1, 0.15) is 11.5 Å². The van der Waals surface area contributed by atoms with Gasteiger partial charge in [0.25, 0.3) is 5.91 Å². The normalized spacial score (nSPS) is 26.3. The third-order valence-electron chi connectivity index (χ3n) is 7.88. The van der Waals surface area contributed by atoms with Crippen molar-refractivity contribution >= 4 is 35.1 Å². The first-order chi connectivity index (χ1) is 16.5. The Morgan fingerprint density at radius 1 is 1.11 bits per heavy atom. The number of nitrogens with one attached hydrogen (secondary N) is 2. The van der Waals surface area contributed by atoms with Crippen LogP contribution in [0.15, 0.2) is 18.3 Å². The molecule has 0 bridgehead atoms. The number of nitrogens with zero attached hydrogens (tertiary/aromatic N) is 2. The molecule has 0 spiro atoms. The number of anilines is 1. The molecule has 4 atom stereocenters. The lowest BCUT2D eigenvalue weighted by Gasteiger charge is -2.16. The van der Waals surface area contributed by atoms with Crippen molar-refractivity contribution < 1.29 is 14.4 Å². The van der Waals surface area contributed by atoms with E-state index in [1.807, 2.05) is 4.57 Å². The maximum absolute atomic E-state index is 13.1. The van der Waals surface area contributed by atoms with Crippen LogP contribution in [0.3, 0.4) is 0 Å². The van der Waals surface area contributed by atoms with Crippen LogP contribution in [0.4, 0.5) is 5.82 Å². The van der Waals surface area contributed by atoms with Gasteiger partial charge in [-0.05, 0) is 61.5 Å². The van der Waals surface area contributed by atoms with Crippen molar-refractivity contribution in [2.24, 2.45) is 28.9 Å². The molecule has 3 aliphatic rings. The number of hydrogen-bond acceptors (Lipinski definition) is 4. The van der Waals surface area contributed by atoms with Crippen molar-refractivity contribution in [1.82, 2.24) is 14.9 Å². The summed E-state index contributed by atoms with van der Waals surface area (Å²) in [6.07, 6.45) is 5.88. The predicted octanol–water partition coefficient (Wildman–Crippen LogP) is 3.76. The van der Waals surface area contributed by atoms with E-state index < -0.39 is 5.91 Å². The summed E-state index contributed by atoms with van der Waals surface area (Å²) < 4.78 is 1.98. The largest absolute Gasteiger partial charge is 0.364 e. The monoisotopic (exact) mass is 497 g/mol. The summed E-state index contributed by atoms with van der Waals surface area (Å²) in [7, 11) is 0. The number of aromatic nitrogens is 2. The molecule has 2 aliphatic carbocycles. The standard InChI is InChI=1S/C26H32ClN5O3/c1-13(33)30-17-6-14-4-16(5-15(14)7-17)25(35)31-23-9-18(20(27)11-29-23)19-8-21(24(28)34)32-12-26(2,3)10-22(19)32/h8-9,11,14-17H,4-7,10,12H2,1-3H3,(H2,28,34)(H,30,33)(H,29,31,35)/t14-,15+,16+,17+. The molecule has 9 heteroatoms. The van der Waals surface area contributed by atoms with Crippen LogP contribution in [-0.4, -0.2) is 33.3 Å². The number of primary amides is 1. The van der Waals surface area contributed by atoms with Crippen LogP contribution in [-0.2, 0) is 22.6 Å². The number of rotatable bonds is 5. The molecule has 4 N–H and O–H groups in total. The van der Waals surface area contributed by atoms with E-state index in [9.17, 15) is 14.4 Å². The smallest absolute Gasteiger partial charge is 0.265 e. The van der Waals surface area contributed by atoms with Crippen molar-refractivity contribution in [2.45, 2.75) is 65.5 Å². The SMILES string of the molecule is CC(=O)N[C@@H]1C[C@@H]2C[C@@H](C(=O)Nc3cc(-c4cc(C(N)=O)n5c4CC(C)(C)C5)c(Cl)cn3)C[C@@H]2C1. The second-order valence-electron chi connectivity index (χ2n) is 11.3. The van der Waals surface area contributed by atoms with E-state index in [1.54, 1.807) is 25.3 Å². The summed E-state index contributed by atoms with van der Waals surface area (Å²) in [6, 6.07) is 3.81. The lowest BCUT2D eigenvalue weighted by atomic mass is 9.89. The molecule has 0 aromatic carbocycles. The highest BCUT2D eigenvalue weighted by Crippen LogP contribution is 2.47. The molecule has 0 unspecified atom stereocenters. The molecule has 35 heavy (non-hydrogen) atoms. The molecule has 0 saturated heterocycles. The van der Waals surface area contributed by atoms with Crippen LogP contribution >= 0.6 is 11.6 Å². The minimum atomic E-state index is -0.471. The molecule has 2 aromatic heterocycles. The quantitative estimate of drug-likeness (QED) is 0.582. The van der Waals surface area contributed by atoms with Crippen molar-refractivity contribution in [3.8, 4) is 11.1 Å². The first-order valence-corrected chi connectivity index (χ1v) is 12.6. The Hall–Kier alpha value is -2.87. The topological polar surface area (TPSA) is 119 Å². The van der Waals surface area contributed by atoms with Gasteiger partial charge in [0, 0.05) is 48.4 Å². The van der Waals surface area contributed by atoms with Gasteiger partial charge in [-0.1, -0.05) is 25.4 Å². The highest BCUT2D eigenvalue weighted by atomic mass is 35.5. The minimum Gasteiger partial charge on any atom is -0.364 e. The number of pyridine rings is 1. The van der Waals surface area contributed by atoms with E-state index in [0.29, 0.717) is 34.9 Å². The van der Waals surface area contributed by atoms with Gasteiger partial charge in [0.15, 0.2) is 0 Å². The fourth-order valence-corrected chi connectivity index (χ4v) is 6.72. The Morgan fingerprint density at radius 3 is 2.43 bits per heavy atom. The van der Waals surface area contributed by atoms with E-state index in [0.717, 1.165) is 48.9 Å².